The van der Waals surface area contributed by atoms with E-state index in [2.05, 4.69) is 0 Å². The number of halogens is 2. The third kappa shape index (κ3) is 2.96. The summed E-state index contributed by atoms with van der Waals surface area (Å²) in [4.78, 5) is 0. The van der Waals surface area contributed by atoms with Crippen LogP contribution in [0, 0.1) is 6.92 Å². The zero-order chi connectivity index (χ0) is 13.1. The monoisotopic (exact) mass is 251 g/mol. The lowest BCUT2D eigenvalue weighted by atomic mass is 10.1. The van der Waals surface area contributed by atoms with Crippen LogP contribution in [0.2, 0.25) is 0 Å². The molecule has 0 aliphatic rings. The first kappa shape index (κ1) is 12.8. The fourth-order valence-electron chi connectivity index (χ4n) is 1.68. The van der Waals surface area contributed by atoms with Gasteiger partial charge in [-0.3, -0.25) is 0 Å². The van der Waals surface area contributed by atoms with Crippen molar-refractivity contribution in [3.8, 4) is 11.3 Å². The van der Waals surface area contributed by atoms with Crippen LogP contribution in [0.5, 0.6) is 0 Å². The predicted molar refractivity (Wildman–Crippen MR) is 66.6 cm³/mol. The van der Waals surface area contributed by atoms with Crippen molar-refractivity contribution in [2.45, 2.75) is 25.8 Å². The molecule has 0 spiro atoms. The lowest BCUT2D eigenvalue weighted by Crippen LogP contribution is -2.30. The van der Waals surface area contributed by atoms with Crippen LogP contribution in [0.3, 0.4) is 0 Å². The second-order valence-electron chi connectivity index (χ2n) is 4.33. The normalized spacial score (nSPS) is 12.9. The number of alkyl halides is 2. The molecule has 0 amide bonds. The van der Waals surface area contributed by atoms with Crippen molar-refractivity contribution in [2.75, 3.05) is 0 Å². The first-order chi connectivity index (χ1) is 8.56. The molecule has 0 bridgehead atoms. The third-order valence-corrected chi connectivity index (χ3v) is 2.76. The van der Waals surface area contributed by atoms with Gasteiger partial charge in [0.05, 0.1) is 6.04 Å². The molecule has 2 rings (SSSR count). The van der Waals surface area contributed by atoms with Gasteiger partial charge in [-0.1, -0.05) is 29.8 Å². The lowest BCUT2D eigenvalue weighted by molar-refractivity contribution is 0.113. The topological polar surface area (TPSA) is 39.2 Å². The fraction of sp³-hybridized carbons (Fsp3) is 0.286. The third-order valence-electron chi connectivity index (χ3n) is 2.76. The first-order valence-corrected chi connectivity index (χ1v) is 5.76. The number of hydrogen-bond acceptors (Lipinski definition) is 2. The Hall–Kier alpha value is -1.68. The minimum absolute atomic E-state index is 0.0452. The molecule has 2 nitrogen and oxygen atoms in total. The van der Waals surface area contributed by atoms with E-state index in [-0.39, 0.29) is 6.42 Å². The van der Waals surface area contributed by atoms with Gasteiger partial charge >= 0.3 is 0 Å². The zero-order valence-electron chi connectivity index (χ0n) is 10.1. The number of furan rings is 1. The van der Waals surface area contributed by atoms with Crippen molar-refractivity contribution in [3.05, 3.63) is 47.7 Å². The molecule has 1 heterocycles. The van der Waals surface area contributed by atoms with Crippen LogP contribution in [0.4, 0.5) is 8.78 Å². The summed E-state index contributed by atoms with van der Waals surface area (Å²) in [6.07, 6.45) is -2.48. The summed E-state index contributed by atoms with van der Waals surface area (Å²) in [5, 5.41) is 0. The molecule has 1 atom stereocenters. The van der Waals surface area contributed by atoms with Gasteiger partial charge in [-0.25, -0.2) is 8.78 Å². The molecule has 0 saturated carbocycles. The molecule has 1 aromatic carbocycles. The molecular weight excluding hydrogens is 236 g/mol. The summed E-state index contributed by atoms with van der Waals surface area (Å²) in [5.74, 6) is 1.16. The molecule has 96 valence electrons. The van der Waals surface area contributed by atoms with Crippen molar-refractivity contribution in [3.63, 3.8) is 0 Å². The van der Waals surface area contributed by atoms with E-state index in [0.29, 0.717) is 11.5 Å². The Kier molecular flexibility index (Phi) is 3.77. The zero-order valence-corrected chi connectivity index (χ0v) is 10.1. The van der Waals surface area contributed by atoms with E-state index in [1.54, 1.807) is 12.1 Å². The Morgan fingerprint density at radius 3 is 2.39 bits per heavy atom. The van der Waals surface area contributed by atoms with Crippen LogP contribution in [0.25, 0.3) is 11.3 Å². The summed E-state index contributed by atoms with van der Waals surface area (Å²) in [6.45, 7) is 2.00. The van der Waals surface area contributed by atoms with Crippen LogP contribution in [-0.4, -0.2) is 12.5 Å². The quantitative estimate of drug-likeness (QED) is 0.904. The van der Waals surface area contributed by atoms with Crippen LogP contribution >= 0.6 is 0 Å². The molecule has 0 saturated heterocycles. The predicted octanol–water partition coefficient (Wildman–Crippen LogP) is 3.39. The molecule has 0 aliphatic carbocycles. The van der Waals surface area contributed by atoms with E-state index in [4.69, 9.17) is 10.2 Å². The van der Waals surface area contributed by atoms with Gasteiger partial charge < -0.3 is 10.2 Å². The van der Waals surface area contributed by atoms with Crippen molar-refractivity contribution in [2.24, 2.45) is 5.73 Å². The van der Waals surface area contributed by atoms with E-state index < -0.39 is 12.5 Å². The van der Waals surface area contributed by atoms with E-state index >= 15 is 0 Å². The molecule has 0 radical (unpaired) electrons. The maximum atomic E-state index is 12.3. The molecule has 18 heavy (non-hydrogen) atoms. The molecule has 0 aliphatic heterocycles. The highest BCUT2D eigenvalue weighted by Gasteiger charge is 2.17. The van der Waals surface area contributed by atoms with Gasteiger partial charge in [0.2, 0.25) is 0 Å². The highest BCUT2D eigenvalue weighted by Crippen LogP contribution is 2.23. The van der Waals surface area contributed by atoms with Crippen molar-refractivity contribution < 1.29 is 13.2 Å². The smallest absolute Gasteiger partial charge is 0.253 e. The Labute approximate surface area is 104 Å². The van der Waals surface area contributed by atoms with Crippen LogP contribution in [0.15, 0.2) is 40.8 Å². The minimum Gasteiger partial charge on any atom is -0.461 e. The Balaban J connectivity index is 2.13. The summed E-state index contributed by atoms with van der Waals surface area (Å²) in [5.41, 5.74) is 7.39. The summed E-state index contributed by atoms with van der Waals surface area (Å²) in [7, 11) is 0. The van der Waals surface area contributed by atoms with Gasteiger partial charge in [-0.15, -0.1) is 0 Å². The fourth-order valence-corrected chi connectivity index (χ4v) is 1.68. The highest BCUT2D eigenvalue weighted by molar-refractivity contribution is 5.57. The van der Waals surface area contributed by atoms with Gasteiger partial charge in [-0.2, -0.15) is 0 Å². The Morgan fingerprint density at radius 2 is 1.78 bits per heavy atom. The number of benzene rings is 1. The lowest BCUT2D eigenvalue weighted by Gasteiger charge is -2.07. The number of nitrogens with two attached hydrogens (primary N) is 1. The summed E-state index contributed by atoms with van der Waals surface area (Å²) < 4.78 is 30.2. The molecule has 2 N–H and O–H groups in total. The van der Waals surface area contributed by atoms with Crippen molar-refractivity contribution >= 4 is 0 Å². The SMILES string of the molecule is Cc1ccc(-c2ccc(CC(N)C(F)F)o2)cc1. The second kappa shape index (κ2) is 5.31. The van der Waals surface area contributed by atoms with Gasteiger partial charge in [0.25, 0.3) is 6.43 Å². The Bertz CT molecular complexity index is 505. The molecule has 0 fully saturated rings. The average Bonchev–Trinajstić information content (AvgIpc) is 2.78. The first-order valence-electron chi connectivity index (χ1n) is 5.76. The van der Waals surface area contributed by atoms with Gasteiger partial charge in [0.15, 0.2) is 0 Å². The minimum atomic E-state index is -2.53. The molecule has 2 aromatic rings. The number of rotatable bonds is 4. The van der Waals surface area contributed by atoms with Crippen molar-refractivity contribution in [1.82, 2.24) is 0 Å². The highest BCUT2D eigenvalue weighted by atomic mass is 19.3. The van der Waals surface area contributed by atoms with Crippen LogP contribution in [0.1, 0.15) is 11.3 Å². The largest absolute Gasteiger partial charge is 0.461 e. The van der Waals surface area contributed by atoms with Gasteiger partial charge in [0, 0.05) is 12.0 Å². The van der Waals surface area contributed by atoms with Gasteiger partial charge in [-0.05, 0) is 19.1 Å². The van der Waals surface area contributed by atoms with Crippen LogP contribution < -0.4 is 5.73 Å². The maximum absolute atomic E-state index is 12.3. The average molecular weight is 251 g/mol. The van der Waals surface area contributed by atoms with Crippen LogP contribution in [-0.2, 0) is 6.42 Å². The van der Waals surface area contributed by atoms with E-state index in [1.807, 2.05) is 31.2 Å². The maximum Gasteiger partial charge on any atom is 0.253 e. The number of hydrogen-bond donors (Lipinski definition) is 1. The molecule has 4 heteroatoms. The van der Waals surface area contributed by atoms with E-state index in [9.17, 15) is 8.78 Å². The van der Waals surface area contributed by atoms with E-state index in [0.717, 1.165) is 11.1 Å². The Morgan fingerprint density at radius 1 is 1.11 bits per heavy atom. The summed E-state index contributed by atoms with van der Waals surface area (Å²) >= 11 is 0. The molecule has 1 unspecified atom stereocenters. The second-order valence-corrected chi connectivity index (χ2v) is 4.33. The number of aryl methyl sites for hydroxylation is 1. The van der Waals surface area contributed by atoms with Gasteiger partial charge in [0.1, 0.15) is 11.5 Å². The van der Waals surface area contributed by atoms with E-state index in [1.165, 1.54) is 0 Å². The molecular formula is C14H15F2NO. The molecule has 1 aromatic heterocycles. The summed E-state index contributed by atoms with van der Waals surface area (Å²) in [6, 6.07) is 10.1. The standard InChI is InChI=1S/C14H15F2NO/c1-9-2-4-10(5-3-9)13-7-6-11(18-13)8-12(17)14(15)16/h2-7,12,14H,8,17H2,1H3. The van der Waals surface area contributed by atoms with Crippen molar-refractivity contribution in [1.29, 1.82) is 0 Å².